The summed E-state index contributed by atoms with van der Waals surface area (Å²) in [5.74, 6) is 2.54. The van der Waals surface area contributed by atoms with Crippen LogP contribution in [0.2, 0.25) is 0 Å². The van der Waals surface area contributed by atoms with Crippen LogP contribution in [0.25, 0.3) is 0 Å². The zero-order valence-corrected chi connectivity index (χ0v) is 17.7. The highest BCUT2D eigenvalue weighted by molar-refractivity contribution is 5.82. The summed E-state index contributed by atoms with van der Waals surface area (Å²) in [6.07, 6.45) is 8.45. The molecule has 4 aliphatic heterocycles. The molecule has 29 heavy (non-hydrogen) atoms. The number of nitrogens with zero attached hydrogens (tertiary/aromatic N) is 2. The number of benzene rings is 1. The van der Waals surface area contributed by atoms with Gasteiger partial charge in [-0.1, -0.05) is 18.6 Å². The van der Waals surface area contributed by atoms with Gasteiger partial charge in [-0.05, 0) is 81.1 Å². The van der Waals surface area contributed by atoms with Crippen molar-refractivity contribution in [2.24, 2.45) is 11.8 Å². The molecule has 5 heteroatoms. The molecule has 158 valence electrons. The summed E-state index contributed by atoms with van der Waals surface area (Å²) in [6, 6.07) is 9.82. The van der Waals surface area contributed by atoms with Gasteiger partial charge in [0.15, 0.2) is 0 Å². The van der Waals surface area contributed by atoms with Crippen molar-refractivity contribution < 1.29 is 9.53 Å². The van der Waals surface area contributed by atoms with Crippen LogP contribution in [0.4, 0.5) is 0 Å². The third kappa shape index (κ3) is 3.79. The van der Waals surface area contributed by atoms with E-state index in [-0.39, 0.29) is 6.04 Å². The smallest absolute Gasteiger partial charge is 0.239 e. The van der Waals surface area contributed by atoms with Crippen LogP contribution in [0.3, 0.4) is 0 Å². The molecule has 0 aliphatic carbocycles. The van der Waals surface area contributed by atoms with Gasteiger partial charge in [-0.15, -0.1) is 0 Å². The lowest BCUT2D eigenvalue weighted by Crippen LogP contribution is -2.65. The summed E-state index contributed by atoms with van der Waals surface area (Å²) in [7, 11) is 1.74. The number of nitrogens with one attached hydrogen (secondary N) is 1. The molecule has 1 N–H and O–H groups in total. The Morgan fingerprint density at radius 2 is 2.07 bits per heavy atom. The van der Waals surface area contributed by atoms with Crippen molar-refractivity contribution in [1.29, 1.82) is 0 Å². The molecule has 0 aromatic heterocycles. The van der Waals surface area contributed by atoms with Crippen molar-refractivity contribution in [2.75, 3.05) is 33.3 Å². The number of likely N-dealkylation sites (tertiary alicyclic amines) is 1. The lowest BCUT2D eigenvalue weighted by atomic mass is 9.71. The number of rotatable bonds is 4. The van der Waals surface area contributed by atoms with Crippen LogP contribution in [0.5, 0.6) is 5.75 Å². The van der Waals surface area contributed by atoms with Gasteiger partial charge in [-0.2, -0.15) is 0 Å². The number of methoxy groups -OCH3 is 1. The molecule has 1 aromatic rings. The van der Waals surface area contributed by atoms with Crippen LogP contribution in [0, 0.1) is 11.8 Å². The van der Waals surface area contributed by atoms with Crippen LogP contribution in [-0.4, -0.2) is 67.1 Å². The number of carbonyl (C=O) groups excluding carboxylic acids is 1. The Labute approximate surface area is 174 Å². The molecule has 4 saturated heterocycles. The highest BCUT2D eigenvalue weighted by atomic mass is 16.5. The van der Waals surface area contributed by atoms with E-state index in [1.165, 1.54) is 37.8 Å². The fraction of sp³-hybridized carbons (Fsp3) is 0.708. The lowest BCUT2D eigenvalue weighted by molar-refractivity contribution is -0.142. The molecule has 0 radical (unpaired) electrons. The quantitative estimate of drug-likeness (QED) is 0.849. The molecule has 2 bridgehead atoms. The van der Waals surface area contributed by atoms with E-state index in [4.69, 9.17) is 4.74 Å². The van der Waals surface area contributed by atoms with Gasteiger partial charge in [0.25, 0.3) is 0 Å². The summed E-state index contributed by atoms with van der Waals surface area (Å²) in [5.41, 5.74) is 1.36. The van der Waals surface area contributed by atoms with E-state index in [1.54, 1.807) is 7.11 Å². The second-order valence-corrected chi connectivity index (χ2v) is 9.57. The molecule has 0 spiro atoms. The van der Waals surface area contributed by atoms with Crippen molar-refractivity contribution in [3.8, 4) is 5.75 Å². The van der Waals surface area contributed by atoms with Gasteiger partial charge in [0, 0.05) is 25.2 Å². The molecule has 1 amide bonds. The standard InChI is InChI=1S/C24H35N3O2/c1-29-20-7-4-6-17(12-20)13-23-19-14-18(22-9-2-3-11-27(22)23)15-26(16-19)24(28)21-8-5-10-25-21/h4,6-7,12,18-19,21-23,25H,2-3,5,8-11,13-16H2,1H3/t18-,19+,21+,22+,23+/m1/s1. The number of amides is 1. The molecule has 5 nitrogen and oxygen atoms in total. The normalized spacial score (nSPS) is 34.7. The van der Waals surface area contributed by atoms with Gasteiger partial charge >= 0.3 is 0 Å². The average molecular weight is 398 g/mol. The van der Waals surface area contributed by atoms with Gasteiger partial charge in [0.05, 0.1) is 13.2 Å². The summed E-state index contributed by atoms with van der Waals surface area (Å²) < 4.78 is 5.46. The number of hydrogen-bond donors (Lipinski definition) is 1. The first-order valence-corrected chi connectivity index (χ1v) is 11.6. The minimum absolute atomic E-state index is 0.0631. The van der Waals surface area contributed by atoms with Crippen molar-refractivity contribution in [3.63, 3.8) is 0 Å². The Hall–Kier alpha value is -1.59. The summed E-state index contributed by atoms with van der Waals surface area (Å²) in [4.78, 5) is 18.2. The first kappa shape index (κ1) is 19.4. The summed E-state index contributed by atoms with van der Waals surface area (Å²) in [5, 5.41) is 3.42. The highest BCUT2D eigenvalue weighted by Crippen LogP contribution is 2.42. The van der Waals surface area contributed by atoms with E-state index >= 15 is 0 Å². The zero-order chi connectivity index (χ0) is 19.8. The fourth-order valence-electron chi connectivity index (χ4n) is 6.53. The third-order valence-electron chi connectivity index (χ3n) is 7.87. The minimum atomic E-state index is 0.0631. The number of ether oxygens (including phenoxy) is 1. The predicted octanol–water partition coefficient (Wildman–Crippen LogP) is 2.69. The van der Waals surface area contributed by atoms with Gasteiger partial charge in [-0.25, -0.2) is 0 Å². The zero-order valence-electron chi connectivity index (χ0n) is 17.7. The molecular weight excluding hydrogens is 362 g/mol. The minimum Gasteiger partial charge on any atom is -0.497 e. The molecule has 5 atom stereocenters. The SMILES string of the molecule is COc1cccc(C[C@H]2[C@H]3C[C@H](CN(C(=O)[C@@H]4CCCN4)C3)[C@@H]3CCCCN32)c1. The molecular formula is C24H35N3O2. The number of piperidine rings is 3. The molecule has 0 unspecified atom stereocenters. The fourth-order valence-corrected chi connectivity index (χ4v) is 6.53. The first-order chi connectivity index (χ1) is 14.2. The van der Waals surface area contributed by atoms with Crippen LogP contribution in [-0.2, 0) is 11.2 Å². The van der Waals surface area contributed by atoms with E-state index in [9.17, 15) is 4.79 Å². The van der Waals surface area contributed by atoms with Gasteiger partial charge in [0.1, 0.15) is 5.75 Å². The average Bonchev–Trinajstić information content (AvgIpc) is 3.31. The van der Waals surface area contributed by atoms with Crippen molar-refractivity contribution in [1.82, 2.24) is 15.1 Å². The number of carbonyl (C=O) groups is 1. The molecule has 1 aromatic carbocycles. The van der Waals surface area contributed by atoms with Crippen LogP contribution in [0.1, 0.15) is 44.1 Å². The molecule has 4 heterocycles. The largest absolute Gasteiger partial charge is 0.497 e. The lowest BCUT2D eigenvalue weighted by Gasteiger charge is -2.57. The van der Waals surface area contributed by atoms with E-state index in [2.05, 4.69) is 33.3 Å². The van der Waals surface area contributed by atoms with Gasteiger partial charge in [0.2, 0.25) is 5.91 Å². The Balaban J connectivity index is 1.38. The molecule has 4 fully saturated rings. The maximum Gasteiger partial charge on any atom is 0.239 e. The third-order valence-corrected chi connectivity index (χ3v) is 7.87. The maximum absolute atomic E-state index is 13.2. The first-order valence-electron chi connectivity index (χ1n) is 11.6. The van der Waals surface area contributed by atoms with Gasteiger partial charge in [-0.3, -0.25) is 9.69 Å². The van der Waals surface area contributed by atoms with Crippen molar-refractivity contribution in [3.05, 3.63) is 29.8 Å². The van der Waals surface area contributed by atoms with Crippen LogP contribution in [0.15, 0.2) is 24.3 Å². The van der Waals surface area contributed by atoms with Gasteiger partial charge < -0.3 is 15.0 Å². The van der Waals surface area contributed by atoms with E-state index < -0.39 is 0 Å². The summed E-state index contributed by atoms with van der Waals surface area (Å²) >= 11 is 0. The van der Waals surface area contributed by atoms with Crippen LogP contribution < -0.4 is 10.1 Å². The Bertz CT molecular complexity index is 733. The second kappa shape index (κ2) is 8.27. The van der Waals surface area contributed by atoms with Crippen molar-refractivity contribution in [2.45, 2.75) is 63.1 Å². The summed E-state index contributed by atoms with van der Waals surface area (Å²) in [6.45, 7) is 4.13. The van der Waals surface area contributed by atoms with Crippen LogP contribution >= 0.6 is 0 Å². The Morgan fingerprint density at radius 3 is 2.90 bits per heavy atom. The molecule has 0 saturated carbocycles. The predicted molar refractivity (Wildman–Crippen MR) is 114 cm³/mol. The molecule has 5 rings (SSSR count). The van der Waals surface area contributed by atoms with Crippen molar-refractivity contribution >= 4 is 5.91 Å². The van der Waals surface area contributed by atoms with E-state index in [1.807, 2.05) is 6.07 Å². The maximum atomic E-state index is 13.2. The number of hydrogen-bond acceptors (Lipinski definition) is 4. The Kier molecular flexibility index (Phi) is 5.53. The molecule has 4 aliphatic rings. The topological polar surface area (TPSA) is 44.8 Å². The monoisotopic (exact) mass is 397 g/mol. The number of fused-ring (bicyclic) bond motifs is 4. The second-order valence-electron chi connectivity index (χ2n) is 9.57. The Morgan fingerprint density at radius 1 is 1.17 bits per heavy atom. The highest BCUT2D eigenvalue weighted by Gasteiger charge is 2.48. The van der Waals surface area contributed by atoms with E-state index in [0.29, 0.717) is 29.8 Å². The van der Waals surface area contributed by atoms with E-state index in [0.717, 1.165) is 44.6 Å².